The van der Waals surface area contributed by atoms with Crippen LogP contribution >= 0.6 is 11.8 Å². The Morgan fingerprint density at radius 3 is 1.89 bits per heavy atom. The predicted molar refractivity (Wildman–Crippen MR) is 149 cm³/mol. The summed E-state index contributed by atoms with van der Waals surface area (Å²) in [6.07, 6.45) is 3.71. The fraction of sp³-hybridized carbons (Fsp3) is 0. The molecule has 1 aliphatic heterocycles. The van der Waals surface area contributed by atoms with Crippen molar-refractivity contribution in [2.45, 2.75) is 9.79 Å². The van der Waals surface area contributed by atoms with Gasteiger partial charge in [0, 0.05) is 38.7 Å². The molecule has 6 aromatic rings. The Morgan fingerprint density at radius 2 is 1.17 bits per heavy atom. The molecule has 1 aliphatic rings. The minimum atomic E-state index is 0.933. The van der Waals surface area contributed by atoms with Gasteiger partial charge in [-0.1, -0.05) is 84.6 Å². The molecular weight excluding hydrogens is 458 g/mol. The first-order valence-electron chi connectivity index (χ1n) is 11.9. The van der Waals surface area contributed by atoms with Gasteiger partial charge in [-0.3, -0.25) is 9.97 Å². The van der Waals surface area contributed by atoms with E-state index >= 15 is 0 Å². The Kier molecular flexibility index (Phi) is 5.04. The zero-order valence-electron chi connectivity index (χ0n) is 19.4. The molecule has 0 bridgehead atoms. The monoisotopic (exact) mass is 479 g/mol. The molecule has 0 unspecified atom stereocenters. The number of benzene rings is 4. The second kappa shape index (κ2) is 8.67. The van der Waals surface area contributed by atoms with E-state index in [1.165, 1.54) is 26.3 Å². The molecule has 0 saturated carbocycles. The quantitative estimate of drug-likeness (QED) is 0.253. The average molecular weight is 480 g/mol. The van der Waals surface area contributed by atoms with Gasteiger partial charge in [0.05, 0.1) is 28.5 Å². The SMILES string of the molecule is c1ccc(-c2cccc(-c3ccccn3)c2N2c3ccccc3Sc3ccc4ccccc4c32)nc1. The number of para-hydroxylation sites is 2. The lowest BCUT2D eigenvalue weighted by atomic mass is 9.97. The minimum Gasteiger partial charge on any atom is -0.306 e. The molecule has 2 aromatic heterocycles. The van der Waals surface area contributed by atoms with E-state index in [1.807, 2.05) is 48.4 Å². The third kappa shape index (κ3) is 3.38. The molecule has 170 valence electrons. The highest BCUT2D eigenvalue weighted by atomic mass is 32.2. The lowest BCUT2D eigenvalue weighted by Gasteiger charge is -2.36. The van der Waals surface area contributed by atoms with E-state index in [4.69, 9.17) is 9.97 Å². The third-order valence-electron chi connectivity index (χ3n) is 6.55. The van der Waals surface area contributed by atoms with Gasteiger partial charge in [-0.2, -0.15) is 0 Å². The average Bonchev–Trinajstić information content (AvgIpc) is 2.96. The Hall–Kier alpha value is -4.41. The molecule has 0 aliphatic carbocycles. The summed E-state index contributed by atoms with van der Waals surface area (Å²) in [5, 5.41) is 2.44. The van der Waals surface area contributed by atoms with Gasteiger partial charge in [0.15, 0.2) is 0 Å². The Bertz CT molecular complexity index is 1660. The van der Waals surface area contributed by atoms with Crippen LogP contribution in [0.2, 0.25) is 0 Å². The zero-order valence-corrected chi connectivity index (χ0v) is 20.2. The number of rotatable bonds is 3. The summed E-state index contributed by atoms with van der Waals surface area (Å²) < 4.78 is 0. The Labute approximate surface area is 214 Å². The van der Waals surface area contributed by atoms with Crippen molar-refractivity contribution < 1.29 is 0 Å². The maximum atomic E-state index is 4.76. The van der Waals surface area contributed by atoms with Crippen LogP contribution in [-0.4, -0.2) is 9.97 Å². The summed E-state index contributed by atoms with van der Waals surface area (Å²) in [6.45, 7) is 0. The van der Waals surface area contributed by atoms with Crippen molar-refractivity contribution in [1.82, 2.24) is 9.97 Å². The van der Waals surface area contributed by atoms with Crippen molar-refractivity contribution in [1.29, 1.82) is 0 Å². The first kappa shape index (κ1) is 20.9. The van der Waals surface area contributed by atoms with Crippen molar-refractivity contribution in [2.75, 3.05) is 4.90 Å². The molecule has 4 aromatic carbocycles. The van der Waals surface area contributed by atoms with Crippen LogP contribution in [0.1, 0.15) is 0 Å². The first-order valence-corrected chi connectivity index (χ1v) is 12.7. The molecule has 7 rings (SSSR count). The second-order valence-corrected chi connectivity index (χ2v) is 9.75. The van der Waals surface area contributed by atoms with Crippen molar-refractivity contribution in [3.05, 3.63) is 128 Å². The Morgan fingerprint density at radius 1 is 0.500 bits per heavy atom. The van der Waals surface area contributed by atoms with Crippen molar-refractivity contribution in [2.24, 2.45) is 0 Å². The maximum Gasteiger partial charge on any atom is 0.0723 e. The van der Waals surface area contributed by atoms with E-state index in [0.717, 1.165) is 33.9 Å². The van der Waals surface area contributed by atoms with E-state index in [-0.39, 0.29) is 0 Å². The summed E-state index contributed by atoms with van der Waals surface area (Å²) in [7, 11) is 0. The summed E-state index contributed by atoms with van der Waals surface area (Å²) in [5.41, 5.74) is 7.44. The van der Waals surface area contributed by atoms with Gasteiger partial charge >= 0.3 is 0 Å². The zero-order chi connectivity index (χ0) is 23.9. The van der Waals surface area contributed by atoms with E-state index in [2.05, 4.69) is 95.9 Å². The molecule has 0 saturated heterocycles. The fourth-order valence-corrected chi connectivity index (χ4v) is 6.07. The normalized spacial score (nSPS) is 12.3. The van der Waals surface area contributed by atoms with Crippen LogP contribution < -0.4 is 4.90 Å². The number of aromatic nitrogens is 2. The van der Waals surface area contributed by atoms with Gasteiger partial charge in [-0.05, 0) is 47.9 Å². The van der Waals surface area contributed by atoms with Crippen molar-refractivity contribution >= 4 is 39.6 Å². The molecule has 4 heteroatoms. The smallest absolute Gasteiger partial charge is 0.0723 e. The van der Waals surface area contributed by atoms with Crippen LogP contribution in [-0.2, 0) is 0 Å². The topological polar surface area (TPSA) is 29.0 Å². The molecule has 0 spiro atoms. The highest BCUT2D eigenvalue weighted by Crippen LogP contribution is 2.56. The van der Waals surface area contributed by atoms with Crippen LogP contribution in [0, 0.1) is 0 Å². The maximum absolute atomic E-state index is 4.76. The highest BCUT2D eigenvalue weighted by Gasteiger charge is 2.30. The van der Waals surface area contributed by atoms with Crippen molar-refractivity contribution in [3.63, 3.8) is 0 Å². The fourth-order valence-electron chi connectivity index (χ4n) is 4.99. The molecule has 0 amide bonds. The number of nitrogens with zero attached hydrogens (tertiary/aromatic N) is 3. The van der Waals surface area contributed by atoms with Gasteiger partial charge in [-0.25, -0.2) is 0 Å². The largest absolute Gasteiger partial charge is 0.306 e. The van der Waals surface area contributed by atoms with E-state index in [1.54, 1.807) is 0 Å². The first-order chi connectivity index (χ1) is 17.9. The van der Waals surface area contributed by atoms with Crippen molar-refractivity contribution in [3.8, 4) is 22.5 Å². The van der Waals surface area contributed by atoms with E-state index < -0.39 is 0 Å². The highest BCUT2D eigenvalue weighted by molar-refractivity contribution is 7.99. The summed E-state index contributed by atoms with van der Waals surface area (Å²) in [6, 6.07) is 40.3. The second-order valence-electron chi connectivity index (χ2n) is 8.67. The van der Waals surface area contributed by atoms with Crippen LogP contribution in [0.3, 0.4) is 0 Å². The lowest BCUT2D eigenvalue weighted by molar-refractivity contribution is 1.17. The molecule has 3 heterocycles. The number of hydrogen-bond acceptors (Lipinski definition) is 4. The number of fused-ring (bicyclic) bond motifs is 4. The summed E-state index contributed by atoms with van der Waals surface area (Å²) in [5.74, 6) is 0. The molecule has 0 radical (unpaired) electrons. The molecule has 36 heavy (non-hydrogen) atoms. The van der Waals surface area contributed by atoms with E-state index in [0.29, 0.717) is 0 Å². The van der Waals surface area contributed by atoms with Crippen LogP contribution in [0.4, 0.5) is 17.1 Å². The van der Waals surface area contributed by atoms with Crippen LogP contribution in [0.15, 0.2) is 137 Å². The van der Waals surface area contributed by atoms with Gasteiger partial charge in [-0.15, -0.1) is 0 Å². The minimum absolute atomic E-state index is 0.933. The summed E-state index contributed by atoms with van der Waals surface area (Å²) >= 11 is 1.83. The lowest BCUT2D eigenvalue weighted by Crippen LogP contribution is -2.17. The third-order valence-corrected chi connectivity index (χ3v) is 7.67. The molecular formula is C32H21N3S. The van der Waals surface area contributed by atoms with Crippen LogP contribution in [0.5, 0.6) is 0 Å². The molecule has 3 nitrogen and oxygen atoms in total. The molecule has 0 atom stereocenters. The number of hydrogen-bond donors (Lipinski definition) is 0. The Balaban J connectivity index is 1.63. The molecule has 0 fully saturated rings. The number of pyridine rings is 2. The standard InChI is InChI=1S/C32H21N3S/c1-2-11-23-22(10-1)18-19-30-32(23)35(28-16-3-4-17-29(28)36-30)31-24(26-14-5-7-20-33-26)12-9-13-25(31)27-15-6-8-21-34-27/h1-21H. The predicted octanol–water partition coefficient (Wildman–Crippen LogP) is 8.90. The van der Waals surface area contributed by atoms with Gasteiger partial charge in [0.2, 0.25) is 0 Å². The van der Waals surface area contributed by atoms with E-state index in [9.17, 15) is 0 Å². The van der Waals surface area contributed by atoms with Gasteiger partial charge in [0.1, 0.15) is 0 Å². The number of anilines is 3. The molecule has 0 N–H and O–H groups in total. The summed E-state index contributed by atoms with van der Waals surface area (Å²) in [4.78, 5) is 14.4. The van der Waals surface area contributed by atoms with Gasteiger partial charge < -0.3 is 4.90 Å². The van der Waals surface area contributed by atoms with Crippen LogP contribution in [0.25, 0.3) is 33.3 Å². The van der Waals surface area contributed by atoms with Gasteiger partial charge in [0.25, 0.3) is 0 Å².